The van der Waals surface area contributed by atoms with Gasteiger partial charge in [0.15, 0.2) is 11.4 Å². The van der Waals surface area contributed by atoms with E-state index in [9.17, 15) is 4.79 Å². The second-order valence-corrected chi connectivity index (χ2v) is 4.24. The monoisotopic (exact) mass is 195 g/mol. The number of cyclic esters (lactones) is 1. The molecule has 1 fully saturated rings. The van der Waals surface area contributed by atoms with Crippen molar-refractivity contribution in [3.8, 4) is 0 Å². The lowest BCUT2D eigenvalue weighted by Crippen LogP contribution is -2.35. The van der Waals surface area contributed by atoms with Gasteiger partial charge in [0.25, 0.3) is 0 Å². The van der Waals surface area contributed by atoms with Crippen LogP contribution in [-0.2, 0) is 9.53 Å². The lowest BCUT2D eigenvalue weighted by atomic mass is 9.83. The lowest BCUT2D eigenvalue weighted by Gasteiger charge is -2.25. The van der Waals surface area contributed by atoms with Crippen LogP contribution in [0.2, 0.25) is 0 Å². The van der Waals surface area contributed by atoms with E-state index in [1.54, 1.807) is 0 Å². The molecule has 2 rings (SSSR count). The third-order valence-corrected chi connectivity index (χ3v) is 3.07. The van der Waals surface area contributed by atoms with E-state index in [0.717, 1.165) is 38.5 Å². The zero-order valence-corrected chi connectivity index (χ0v) is 8.71. The molecule has 0 aromatic carbocycles. The van der Waals surface area contributed by atoms with Crippen LogP contribution >= 0.6 is 0 Å². The van der Waals surface area contributed by atoms with Crippen LogP contribution in [0.4, 0.5) is 0 Å². The van der Waals surface area contributed by atoms with E-state index in [1.807, 2.05) is 0 Å². The molecule has 1 saturated carbocycles. The SMILES string of the molecule is CCCC1=NC2(CCCCC2)C(=O)O1. The molecule has 2 aliphatic rings. The Morgan fingerprint density at radius 2 is 2.07 bits per heavy atom. The number of hydrogen-bond acceptors (Lipinski definition) is 3. The van der Waals surface area contributed by atoms with Gasteiger partial charge >= 0.3 is 5.97 Å². The number of ether oxygens (including phenoxy) is 1. The predicted molar refractivity (Wildman–Crippen MR) is 54.3 cm³/mol. The van der Waals surface area contributed by atoms with Gasteiger partial charge < -0.3 is 4.74 Å². The van der Waals surface area contributed by atoms with Crippen molar-refractivity contribution in [2.75, 3.05) is 0 Å². The maximum absolute atomic E-state index is 11.7. The summed E-state index contributed by atoms with van der Waals surface area (Å²) in [6, 6.07) is 0. The molecule has 1 aliphatic heterocycles. The van der Waals surface area contributed by atoms with Crippen LogP contribution in [0.25, 0.3) is 0 Å². The first kappa shape index (κ1) is 9.69. The van der Waals surface area contributed by atoms with E-state index in [4.69, 9.17) is 4.74 Å². The smallest absolute Gasteiger partial charge is 0.340 e. The summed E-state index contributed by atoms with van der Waals surface area (Å²) >= 11 is 0. The highest BCUT2D eigenvalue weighted by Crippen LogP contribution is 2.36. The third-order valence-electron chi connectivity index (χ3n) is 3.07. The molecular formula is C11H17NO2. The van der Waals surface area contributed by atoms with E-state index >= 15 is 0 Å². The van der Waals surface area contributed by atoms with E-state index in [0.29, 0.717) is 5.90 Å². The largest absolute Gasteiger partial charge is 0.410 e. The highest BCUT2D eigenvalue weighted by molar-refractivity contribution is 6.00. The number of rotatable bonds is 2. The van der Waals surface area contributed by atoms with E-state index in [2.05, 4.69) is 11.9 Å². The average Bonchev–Trinajstić information content (AvgIpc) is 2.45. The molecule has 0 radical (unpaired) electrons. The van der Waals surface area contributed by atoms with Crippen LogP contribution < -0.4 is 0 Å². The van der Waals surface area contributed by atoms with Crippen LogP contribution in [0.15, 0.2) is 4.99 Å². The van der Waals surface area contributed by atoms with Crippen molar-refractivity contribution in [1.82, 2.24) is 0 Å². The van der Waals surface area contributed by atoms with Crippen LogP contribution in [0.1, 0.15) is 51.9 Å². The number of nitrogens with zero attached hydrogens (tertiary/aromatic N) is 1. The molecule has 3 heteroatoms. The van der Waals surface area contributed by atoms with Crippen molar-refractivity contribution >= 4 is 11.9 Å². The molecule has 0 unspecified atom stereocenters. The van der Waals surface area contributed by atoms with E-state index in [1.165, 1.54) is 6.42 Å². The minimum Gasteiger partial charge on any atom is -0.410 e. The quantitative estimate of drug-likeness (QED) is 0.635. The van der Waals surface area contributed by atoms with Crippen LogP contribution in [0.3, 0.4) is 0 Å². The summed E-state index contributed by atoms with van der Waals surface area (Å²) in [7, 11) is 0. The summed E-state index contributed by atoms with van der Waals surface area (Å²) in [5, 5.41) is 0. The first-order chi connectivity index (χ1) is 6.77. The van der Waals surface area contributed by atoms with Crippen molar-refractivity contribution in [3.63, 3.8) is 0 Å². The Morgan fingerprint density at radius 3 is 2.71 bits per heavy atom. The fourth-order valence-corrected chi connectivity index (χ4v) is 2.28. The Labute approximate surface area is 84.5 Å². The second-order valence-electron chi connectivity index (χ2n) is 4.24. The molecule has 3 nitrogen and oxygen atoms in total. The topological polar surface area (TPSA) is 38.7 Å². The molecule has 0 aromatic heterocycles. The molecule has 1 spiro atoms. The molecule has 14 heavy (non-hydrogen) atoms. The van der Waals surface area contributed by atoms with Gasteiger partial charge in [-0.2, -0.15) is 0 Å². The van der Waals surface area contributed by atoms with Crippen molar-refractivity contribution in [2.24, 2.45) is 4.99 Å². The maximum Gasteiger partial charge on any atom is 0.340 e. The number of esters is 1. The van der Waals surface area contributed by atoms with Crippen LogP contribution in [0.5, 0.6) is 0 Å². The van der Waals surface area contributed by atoms with Crippen molar-refractivity contribution < 1.29 is 9.53 Å². The summed E-state index contributed by atoms with van der Waals surface area (Å²) in [5.74, 6) is 0.569. The summed E-state index contributed by atoms with van der Waals surface area (Å²) < 4.78 is 5.21. The minimum atomic E-state index is -0.469. The standard InChI is InChI=1S/C11H17NO2/c1-2-6-9-12-11(10(13)14-9)7-4-3-5-8-11/h2-8H2,1H3. The van der Waals surface area contributed by atoms with Crippen molar-refractivity contribution in [3.05, 3.63) is 0 Å². The van der Waals surface area contributed by atoms with Gasteiger partial charge in [0, 0.05) is 6.42 Å². The molecule has 1 aliphatic carbocycles. The molecule has 0 N–H and O–H groups in total. The number of hydrogen-bond donors (Lipinski definition) is 0. The molecule has 78 valence electrons. The van der Waals surface area contributed by atoms with E-state index < -0.39 is 5.54 Å². The Morgan fingerprint density at radius 1 is 1.36 bits per heavy atom. The predicted octanol–water partition coefficient (Wildman–Crippen LogP) is 2.44. The van der Waals surface area contributed by atoms with Gasteiger partial charge in [-0.05, 0) is 19.3 Å². The first-order valence-electron chi connectivity index (χ1n) is 5.58. The summed E-state index contributed by atoms with van der Waals surface area (Å²) in [6.45, 7) is 2.07. The molecular weight excluding hydrogens is 178 g/mol. The number of carbonyl (C=O) groups excluding carboxylic acids is 1. The third kappa shape index (κ3) is 1.56. The highest BCUT2D eigenvalue weighted by atomic mass is 16.6. The maximum atomic E-state index is 11.7. The van der Waals surface area contributed by atoms with Crippen molar-refractivity contribution in [1.29, 1.82) is 0 Å². The van der Waals surface area contributed by atoms with Gasteiger partial charge in [0.2, 0.25) is 0 Å². The zero-order chi connectivity index (χ0) is 10.0. The summed E-state index contributed by atoms with van der Waals surface area (Å²) in [4.78, 5) is 16.2. The average molecular weight is 195 g/mol. The Kier molecular flexibility index (Phi) is 2.57. The fraction of sp³-hybridized carbons (Fsp3) is 0.818. The van der Waals surface area contributed by atoms with Gasteiger partial charge in [0.05, 0.1) is 0 Å². The molecule has 0 atom stereocenters. The Balaban J connectivity index is 2.13. The molecule has 1 heterocycles. The summed E-state index contributed by atoms with van der Waals surface area (Å²) in [6.07, 6.45) is 7.01. The zero-order valence-electron chi connectivity index (χ0n) is 8.71. The van der Waals surface area contributed by atoms with Gasteiger partial charge in [-0.15, -0.1) is 0 Å². The second kappa shape index (κ2) is 3.71. The minimum absolute atomic E-state index is 0.0966. The molecule has 0 aromatic rings. The fourth-order valence-electron chi connectivity index (χ4n) is 2.28. The van der Waals surface area contributed by atoms with Gasteiger partial charge in [0.1, 0.15) is 0 Å². The first-order valence-corrected chi connectivity index (χ1v) is 5.58. The molecule has 0 amide bonds. The number of aliphatic imine (C=N–C) groups is 1. The molecule has 0 saturated heterocycles. The normalized spacial score (nSPS) is 24.9. The lowest BCUT2D eigenvalue weighted by molar-refractivity contribution is -0.140. The van der Waals surface area contributed by atoms with Gasteiger partial charge in [-0.25, -0.2) is 9.79 Å². The van der Waals surface area contributed by atoms with E-state index in [-0.39, 0.29) is 5.97 Å². The van der Waals surface area contributed by atoms with Gasteiger partial charge in [-0.1, -0.05) is 26.2 Å². The van der Waals surface area contributed by atoms with Crippen molar-refractivity contribution in [2.45, 2.75) is 57.4 Å². The van der Waals surface area contributed by atoms with Crippen LogP contribution in [-0.4, -0.2) is 17.4 Å². The van der Waals surface area contributed by atoms with Gasteiger partial charge in [-0.3, -0.25) is 0 Å². The Bertz CT molecular complexity index is 264. The number of carbonyl (C=O) groups is 1. The van der Waals surface area contributed by atoms with Crippen LogP contribution in [0, 0.1) is 0 Å². The Hall–Kier alpha value is -0.860. The molecule has 0 bridgehead atoms. The summed E-state index contributed by atoms with van der Waals surface area (Å²) in [5.41, 5.74) is -0.469. The highest BCUT2D eigenvalue weighted by Gasteiger charge is 2.45.